The fraction of sp³-hybridized carbons (Fsp3) is 0.125. The van der Waals surface area contributed by atoms with E-state index in [-0.39, 0.29) is 11.3 Å². The molecule has 0 unspecified atom stereocenters. The minimum Gasteiger partial charge on any atom is -0.507 e. The van der Waals surface area contributed by atoms with Crippen molar-refractivity contribution >= 4 is 35.0 Å². The highest BCUT2D eigenvalue weighted by Gasteiger charge is 2.49. The number of amides is 2. The number of carbonyl (C=O) groups excluding carboxylic acids is 2. The number of phenolic OH excluding ortho intramolecular Hbond substituents is 1. The van der Waals surface area contributed by atoms with Crippen LogP contribution in [0.5, 0.6) is 5.75 Å². The van der Waals surface area contributed by atoms with Gasteiger partial charge in [0.15, 0.2) is 0 Å². The standard InChI is InChI=1S/C16H12Cl2N2O3/c17-11-7-3-1-5-9(11)14-13(18)16(23)20(14)19-15(22)10-6-2-4-8-12(10)21/h1-8,13-14,21H,(H,19,22)/t13-,14+/m1/s1. The van der Waals surface area contributed by atoms with Crippen LogP contribution in [0.25, 0.3) is 0 Å². The number of hydrogen-bond donors (Lipinski definition) is 2. The number of para-hydroxylation sites is 1. The molecule has 1 aliphatic rings. The number of alkyl halides is 1. The number of aromatic hydroxyl groups is 1. The predicted octanol–water partition coefficient (Wildman–Crippen LogP) is 2.88. The summed E-state index contributed by atoms with van der Waals surface area (Å²) in [6.07, 6.45) is 0. The van der Waals surface area contributed by atoms with Gasteiger partial charge in [0.25, 0.3) is 11.8 Å². The van der Waals surface area contributed by atoms with Gasteiger partial charge in [-0.3, -0.25) is 15.0 Å². The van der Waals surface area contributed by atoms with Crippen LogP contribution in [-0.2, 0) is 4.79 Å². The molecule has 0 radical (unpaired) electrons. The molecule has 2 aromatic rings. The zero-order valence-corrected chi connectivity index (χ0v) is 13.3. The van der Waals surface area contributed by atoms with Crippen LogP contribution in [0.2, 0.25) is 5.02 Å². The molecule has 0 bridgehead atoms. The molecule has 0 aliphatic carbocycles. The highest BCUT2D eigenvalue weighted by Crippen LogP contribution is 2.40. The summed E-state index contributed by atoms with van der Waals surface area (Å²) in [5.74, 6) is -1.20. The first-order valence-electron chi connectivity index (χ1n) is 6.81. The van der Waals surface area contributed by atoms with Gasteiger partial charge in [-0.1, -0.05) is 41.9 Å². The van der Waals surface area contributed by atoms with E-state index in [0.29, 0.717) is 10.6 Å². The number of nitrogens with one attached hydrogen (secondary N) is 1. The van der Waals surface area contributed by atoms with Gasteiger partial charge in [-0.25, -0.2) is 5.01 Å². The van der Waals surface area contributed by atoms with Crippen LogP contribution in [0.1, 0.15) is 22.0 Å². The maximum absolute atomic E-state index is 12.2. The third-order valence-electron chi connectivity index (χ3n) is 3.62. The minimum atomic E-state index is -0.806. The summed E-state index contributed by atoms with van der Waals surface area (Å²) in [7, 11) is 0. The van der Waals surface area contributed by atoms with Gasteiger partial charge in [-0.15, -0.1) is 11.6 Å². The third kappa shape index (κ3) is 2.73. The fourth-order valence-electron chi connectivity index (χ4n) is 2.43. The molecule has 2 aromatic carbocycles. The van der Waals surface area contributed by atoms with E-state index in [2.05, 4.69) is 5.43 Å². The molecule has 2 atom stereocenters. The summed E-state index contributed by atoms with van der Waals surface area (Å²) in [6.45, 7) is 0. The zero-order chi connectivity index (χ0) is 16.6. The Morgan fingerprint density at radius 1 is 1.13 bits per heavy atom. The Labute approximate surface area is 142 Å². The van der Waals surface area contributed by atoms with Crippen LogP contribution in [0.4, 0.5) is 0 Å². The number of carbonyl (C=O) groups is 2. The van der Waals surface area contributed by atoms with Crippen molar-refractivity contribution in [3.63, 3.8) is 0 Å². The first-order valence-corrected chi connectivity index (χ1v) is 7.62. The largest absolute Gasteiger partial charge is 0.507 e. The number of hydrogen-bond acceptors (Lipinski definition) is 3. The van der Waals surface area contributed by atoms with Gasteiger partial charge >= 0.3 is 0 Å². The summed E-state index contributed by atoms with van der Waals surface area (Å²) < 4.78 is 0. The molecule has 1 heterocycles. The van der Waals surface area contributed by atoms with Crippen LogP contribution < -0.4 is 5.43 Å². The molecular weight excluding hydrogens is 339 g/mol. The van der Waals surface area contributed by atoms with Crippen molar-refractivity contribution in [3.05, 3.63) is 64.7 Å². The van der Waals surface area contributed by atoms with Gasteiger partial charge in [0.05, 0.1) is 5.56 Å². The smallest absolute Gasteiger partial charge is 0.273 e. The lowest BCUT2D eigenvalue weighted by molar-refractivity contribution is -0.149. The maximum Gasteiger partial charge on any atom is 0.273 e. The second-order valence-corrected chi connectivity index (χ2v) is 5.91. The lowest BCUT2D eigenvalue weighted by Gasteiger charge is -2.44. The van der Waals surface area contributed by atoms with Crippen molar-refractivity contribution < 1.29 is 14.7 Å². The van der Waals surface area contributed by atoms with Crippen LogP contribution in [0.3, 0.4) is 0 Å². The van der Waals surface area contributed by atoms with Gasteiger partial charge in [0, 0.05) is 5.02 Å². The lowest BCUT2D eigenvalue weighted by atomic mass is 9.95. The van der Waals surface area contributed by atoms with Gasteiger partial charge in [0.1, 0.15) is 17.2 Å². The average molecular weight is 351 g/mol. The molecule has 3 rings (SSSR count). The first-order chi connectivity index (χ1) is 11.0. The number of nitrogens with zero attached hydrogens (tertiary/aromatic N) is 1. The van der Waals surface area contributed by atoms with E-state index in [1.165, 1.54) is 12.1 Å². The van der Waals surface area contributed by atoms with Crippen molar-refractivity contribution in [2.24, 2.45) is 0 Å². The Hall–Kier alpha value is -2.24. The molecule has 1 aliphatic heterocycles. The summed E-state index contributed by atoms with van der Waals surface area (Å²) in [5.41, 5.74) is 3.18. The van der Waals surface area contributed by atoms with Crippen LogP contribution in [-0.4, -0.2) is 27.3 Å². The van der Waals surface area contributed by atoms with Crippen molar-refractivity contribution in [1.82, 2.24) is 10.4 Å². The average Bonchev–Trinajstić information content (AvgIpc) is 2.56. The topological polar surface area (TPSA) is 69.6 Å². The Kier molecular flexibility index (Phi) is 4.15. The summed E-state index contributed by atoms with van der Waals surface area (Å²) in [5, 5.41) is 10.5. The molecule has 0 aromatic heterocycles. The fourth-order valence-corrected chi connectivity index (χ4v) is 3.03. The van der Waals surface area contributed by atoms with Crippen molar-refractivity contribution in [3.8, 4) is 5.75 Å². The highest BCUT2D eigenvalue weighted by atomic mass is 35.5. The van der Waals surface area contributed by atoms with E-state index < -0.39 is 23.2 Å². The number of benzene rings is 2. The molecule has 0 spiro atoms. The molecule has 2 amide bonds. The van der Waals surface area contributed by atoms with Gasteiger partial charge in [-0.2, -0.15) is 0 Å². The molecule has 1 fully saturated rings. The lowest BCUT2D eigenvalue weighted by Crippen LogP contribution is -2.63. The quantitative estimate of drug-likeness (QED) is 0.660. The van der Waals surface area contributed by atoms with Crippen molar-refractivity contribution in [1.29, 1.82) is 0 Å². The van der Waals surface area contributed by atoms with E-state index >= 15 is 0 Å². The third-order valence-corrected chi connectivity index (χ3v) is 4.39. The van der Waals surface area contributed by atoms with E-state index in [0.717, 1.165) is 5.01 Å². The Bertz CT molecular complexity index is 781. The molecule has 0 saturated carbocycles. The van der Waals surface area contributed by atoms with Crippen LogP contribution in [0.15, 0.2) is 48.5 Å². The normalized spacial score (nSPS) is 20.1. The van der Waals surface area contributed by atoms with Gasteiger partial charge in [0.2, 0.25) is 0 Å². The number of phenols is 1. The van der Waals surface area contributed by atoms with E-state index in [1.807, 2.05) is 0 Å². The second-order valence-electron chi connectivity index (χ2n) is 5.03. The van der Waals surface area contributed by atoms with Crippen LogP contribution >= 0.6 is 23.2 Å². The molecule has 5 nitrogen and oxygen atoms in total. The number of halogens is 2. The van der Waals surface area contributed by atoms with Crippen molar-refractivity contribution in [2.45, 2.75) is 11.4 Å². The van der Waals surface area contributed by atoms with Crippen LogP contribution in [0, 0.1) is 0 Å². The summed E-state index contributed by atoms with van der Waals surface area (Å²) >= 11 is 12.2. The molecule has 118 valence electrons. The molecular formula is C16H12Cl2N2O3. The van der Waals surface area contributed by atoms with Crippen molar-refractivity contribution in [2.75, 3.05) is 0 Å². The molecule has 1 saturated heterocycles. The number of hydrazine groups is 1. The zero-order valence-electron chi connectivity index (χ0n) is 11.7. The second kappa shape index (κ2) is 6.10. The monoisotopic (exact) mass is 350 g/mol. The Morgan fingerprint density at radius 2 is 1.78 bits per heavy atom. The minimum absolute atomic E-state index is 0.0660. The predicted molar refractivity (Wildman–Crippen MR) is 86.3 cm³/mol. The highest BCUT2D eigenvalue weighted by molar-refractivity contribution is 6.35. The van der Waals surface area contributed by atoms with E-state index in [9.17, 15) is 14.7 Å². The molecule has 2 N–H and O–H groups in total. The number of rotatable bonds is 3. The maximum atomic E-state index is 12.2. The van der Waals surface area contributed by atoms with E-state index in [1.54, 1.807) is 36.4 Å². The van der Waals surface area contributed by atoms with Gasteiger partial charge < -0.3 is 5.11 Å². The molecule has 23 heavy (non-hydrogen) atoms. The van der Waals surface area contributed by atoms with Gasteiger partial charge in [-0.05, 0) is 23.8 Å². The van der Waals surface area contributed by atoms with E-state index in [4.69, 9.17) is 23.2 Å². The Morgan fingerprint density at radius 3 is 2.48 bits per heavy atom. The SMILES string of the molecule is O=C(NN1C(=O)[C@H](Cl)[C@@H]1c1ccccc1Cl)c1ccccc1O. The summed E-state index contributed by atoms with van der Waals surface area (Å²) in [4.78, 5) is 24.2. The Balaban J connectivity index is 1.84. The summed E-state index contributed by atoms with van der Waals surface area (Å²) in [6, 6.07) is 12.5. The first kappa shape index (κ1) is 15.6. The molecule has 7 heteroatoms. The number of β-lactam (4-membered cyclic amide) rings is 1.